The Bertz CT molecular complexity index is 503. The van der Waals surface area contributed by atoms with Gasteiger partial charge in [-0.3, -0.25) is 0 Å². The Labute approximate surface area is 113 Å². The van der Waals surface area contributed by atoms with E-state index in [2.05, 4.69) is 0 Å². The fourth-order valence-corrected chi connectivity index (χ4v) is 1.93. The minimum Gasteiger partial charge on any atom is -0.497 e. The predicted molar refractivity (Wildman–Crippen MR) is 74.7 cm³/mol. The van der Waals surface area contributed by atoms with Gasteiger partial charge in [-0.1, -0.05) is 24.3 Å². The first-order chi connectivity index (χ1) is 9.22. The van der Waals surface area contributed by atoms with Crippen molar-refractivity contribution in [1.29, 1.82) is 0 Å². The molecule has 2 aromatic carbocycles. The third kappa shape index (κ3) is 3.48. The van der Waals surface area contributed by atoms with E-state index < -0.39 is 6.10 Å². The van der Waals surface area contributed by atoms with Crippen molar-refractivity contribution in [3.63, 3.8) is 0 Å². The molecule has 0 amide bonds. The minimum absolute atomic E-state index is 0.515. The summed E-state index contributed by atoms with van der Waals surface area (Å²) in [6.45, 7) is 0. The zero-order valence-electron chi connectivity index (χ0n) is 11.2. The molecule has 0 heterocycles. The molecule has 0 unspecified atom stereocenters. The van der Waals surface area contributed by atoms with E-state index in [1.807, 2.05) is 48.5 Å². The van der Waals surface area contributed by atoms with Gasteiger partial charge in [-0.2, -0.15) is 0 Å². The molecular weight excluding hydrogens is 240 g/mol. The Hall–Kier alpha value is -2.00. The van der Waals surface area contributed by atoms with Crippen LogP contribution in [-0.2, 0) is 6.42 Å². The third-order valence-corrected chi connectivity index (χ3v) is 3.09. The van der Waals surface area contributed by atoms with Gasteiger partial charge < -0.3 is 14.6 Å². The number of aliphatic hydroxyl groups is 1. The molecule has 0 aliphatic rings. The Morgan fingerprint density at radius 3 is 1.79 bits per heavy atom. The molecule has 3 nitrogen and oxygen atoms in total. The van der Waals surface area contributed by atoms with E-state index in [9.17, 15) is 5.11 Å². The minimum atomic E-state index is -0.515. The van der Waals surface area contributed by atoms with Crippen molar-refractivity contribution < 1.29 is 14.6 Å². The number of ether oxygens (including phenoxy) is 2. The highest BCUT2D eigenvalue weighted by atomic mass is 16.5. The molecule has 0 spiro atoms. The Balaban J connectivity index is 2.04. The van der Waals surface area contributed by atoms with Crippen LogP contribution in [0.25, 0.3) is 0 Å². The van der Waals surface area contributed by atoms with E-state index >= 15 is 0 Å². The molecule has 2 rings (SSSR count). The number of methoxy groups -OCH3 is 2. The van der Waals surface area contributed by atoms with Crippen molar-refractivity contribution in [2.75, 3.05) is 14.2 Å². The summed E-state index contributed by atoms with van der Waals surface area (Å²) in [5.41, 5.74) is 1.96. The molecule has 0 aromatic heterocycles. The standard InChI is InChI=1S/C16H18O3/c1-18-14-7-3-12(4-8-14)11-16(17)13-5-9-15(19-2)10-6-13/h3-10,16-17H,11H2,1-2H3/t16-/m1/s1. The second-order valence-corrected chi connectivity index (χ2v) is 4.34. The maximum Gasteiger partial charge on any atom is 0.118 e. The number of hydrogen-bond acceptors (Lipinski definition) is 3. The maximum atomic E-state index is 10.2. The van der Waals surface area contributed by atoms with Gasteiger partial charge in [-0.05, 0) is 35.4 Å². The monoisotopic (exact) mass is 258 g/mol. The molecule has 100 valence electrons. The van der Waals surface area contributed by atoms with Crippen LogP contribution in [0, 0.1) is 0 Å². The third-order valence-electron chi connectivity index (χ3n) is 3.09. The zero-order chi connectivity index (χ0) is 13.7. The van der Waals surface area contributed by atoms with Crippen LogP contribution in [0.15, 0.2) is 48.5 Å². The Kier molecular flexibility index (Phi) is 4.42. The molecule has 2 aromatic rings. The van der Waals surface area contributed by atoms with Gasteiger partial charge in [0, 0.05) is 6.42 Å². The lowest BCUT2D eigenvalue weighted by molar-refractivity contribution is 0.178. The Morgan fingerprint density at radius 2 is 1.32 bits per heavy atom. The van der Waals surface area contributed by atoms with E-state index in [-0.39, 0.29) is 0 Å². The van der Waals surface area contributed by atoms with Gasteiger partial charge in [-0.25, -0.2) is 0 Å². The largest absolute Gasteiger partial charge is 0.497 e. The summed E-state index contributed by atoms with van der Waals surface area (Å²) in [4.78, 5) is 0. The van der Waals surface area contributed by atoms with Gasteiger partial charge in [0.1, 0.15) is 11.5 Å². The average molecular weight is 258 g/mol. The highest BCUT2D eigenvalue weighted by Gasteiger charge is 2.08. The summed E-state index contributed by atoms with van der Waals surface area (Å²) in [5, 5.41) is 10.2. The van der Waals surface area contributed by atoms with Crippen molar-refractivity contribution in [2.45, 2.75) is 12.5 Å². The van der Waals surface area contributed by atoms with Crippen LogP contribution in [0.1, 0.15) is 17.2 Å². The van der Waals surface area contributed by atoms with E-state index in [4.69, 9.17) is 9.47 Å². The molecule has 1 atom stereocenters. The second kappa shape index (κ2) is 6.25. The van der Waals surface area contributed by atoms with Gasteiger partial charge in [0.2, 0.25) is 0 Å². The van der Waals surface area contributed by atoms with Crippen molar-refractivity contribution in [3.05, 3.63) is 59.7 Å². The molecule has 0 radical (unpaired) electrons. The first-order valence-corrected chi connectivity index (χ1v) is 6.18. The van der Waals surface area contributed by atoms with Gasteiger partial charge >= 0.3 is 0 Å². The molecule has 1 N–H and O–H groups in total. The molecule has 19 heavy (non-hydrogen) atoms. The fraction of sp³-hybridized carbons (Fsp3) is 0.250. The second-order valence-electron chi connectivity index (χ2n) is 4.34. The van der Waals surface area contributed by atoms with Crippen molar-refractivity contribution >= 4 is 0 Å². The van der Waals surface area contributed by atoms with E-state index in [0.717, 1.165) is 22.6 Å². The molecule has 0 saturated carbocycles. The van der Waals surface area contributed by atoms with E-state index in [0.29, 0.717) is 6.42 Å². The number of benzene rings is 2. The number of hydrogen-bond donors (Lipinski definition) is 1. The molecule has 0 fully saturated rings. The van der Waals surface area contributed by atoms with Crippen LogP contribution in [0.2, 0.25) is 0 Å². The van der Waals surface area contributed by atoms with Crippen LogP contribution < -0.4 is 9.47 Å². The predicted octanol–water partition coefficient (Wildman–Crippen LogP) is 2.98. The Morgan fingerprint density at radius 1 is 0.842 bits per heavy atom. The number of rotatable bonds is 5. The SMILES string of the molecule is COc1ccc(C[C@@H](O)c2ccc(OC)cc2)cc1. The topological polar surface area (TPSA) is 38.7 Å². The summed E-state index contributed by atoms with van der Waals surface area (Å²) >= 11 is 0. The molecule has 0 aliphatic carbocycles. The van der Waals surface area contributed by atoms with Gasteiger partial charge in [-0.15, -0.1) is 0 Å². The lowest BCUT2D eigenvalue weighted by atomic mass is 10.0. The van der Waals surface area contributed by atoms with Crippen LogP contribution in [-0.4, -0.2) is 19.3 Å². The summed E-state index contributed by atoms with van der Waals surface area (Å²) < 4.78 is 10.2. The summed E-state index contributed by atoms with van der Waals surface area (Å²) in [7, 11) is 3.27. The lowest BCUT2D eigenvalue weighted by Crippen LogP contribution is -2.01. The molecule has 3 heteroatoms. The lowest BCUT2D eigenvalue weighted by Gasteiger charge is -2.12. The van der Waals surface area contributed by atoms with Crippen molar-refractivity contribution in [3.8, 4) is 11.5 Å². The summed E-state index contributed by atoms with van der Waals surface area (Å²) in [5.74, 6) is 1.61. The summed E-state index contributed by atoms with van der Waals surface area (Å²) in [6, 6.07) is 15.2. The highest BCUT2D eigenvalue weighted by molar-refractivity contribution is 5.31. The van der Waals surface area contributed by atoms with Crippen LogP contribution in [0.4, 0.5) is 0 Å². The van der Waals surface area contributed by atoms with Crippen molar-refractivity contribution in [2.24, 2.45) is 0 Å². The number of aliphatic hydroxyl groups excluding tert-OH is 1. The van der Waals surface area contributed by atoms with Crippen molar-refractivity contribution in [1.82, 2.24) is 0 Å². The molecule has 0 saturated heterocycles. The van der Waals surface area contributed by atoms with Crippen LogP contribution in [0.5, 0.6) is 11.5 Å². The molecular formula is C16H18O3. The van der Waals surface area contributed by atoms with Crippen LogP contribution in [0.3, 0.4) is 0 Å². The summed E-state index contributed by atoms with van der Waals surface area (Å²) in [6.07, 6.45) is 0.0651. The van der Waals surface area contributed by atoms with Gasteiger partial charge in [0.15, 0.2) is 0 Å². The van der Waals surface area contributed by atoms with E-state index in [1.54, 1.807) is 14.2 Å². The molecule has 0 bridgehead atoms. The normalized spacial score (nSPS) is 11.9. The van der Waals surface area contributed by atoms with Gasteiger partial charge in [0.25, 0.3) is 0 Å². The van der Waals surface area contributed by atoms with Gasteiger partial charge in [0.05, 0.1) is 20.3 Å². The first-order valence-electron chi connectivity index (χ1n) is 6.18. The van der Waals surface area contributed by atoms with E-state index in [1.165, 1.54) is 0 Å². The highest BCUT2D eigenvalue weighted by Crippen LogP contribution is 2.22. The van der Waals surface area contributed by atoms with Crippen LogP contribution >= 0.6 is 0 Å². The quantitative estimate of drug-likeness (QED) is 0.896. The smallest absolute Gasteiger partial charge is 0.118 e. The maximum absolute atomic E-state index is 10.2. The fourth-order valence-electron chi connectivity index (χ4n) is 1.93. The zero-order valence-corrected chi connectivity index (χ0v) is 11.2. The first kappa shape index (κ1) is 13.4. The average Bonchev–Trinajstić information content (AvgIpc) is 2.48. The molecule has 0 aliphatic heterocycles.